The summed E-state index contributed by atoms with van der Waals surface area (Å²) in [6.45, 7) is 7.79. The second kappa shape index (κ2) is 7.29. The Labute approximate surface area is 122 Å². The molecule has 0 saturated carbocycles. The lowest BCUT2D eigenvalue weighted by molar-refractivity contribution is -0.147. The van der Waals surface area contributed by atoms with Crippen LogP contribution in [-0.2, 0) is 9.53 Å². The molecule has 0 radical (unpaired) electrons. The molecule has 1 unspecified atom stereocenters. The summed E-state index contributed by atoms with van der Waals surface area (Å²) in [6, 6.07) is 8.41. The molecule has 1 aromatic carbocycles. The Balaban J connectivity index is 2.77. The first-order chi connectivity index (χ1) is 9.46. The number of hydrogen-bond acceptors (Lipinski definition) is 4. The van der Waals surface area contributed by atoms with E-state index in [0.29, 0.717) is 6.42 Å². The van der Waals surface area contributed by atoms with E-state index in [-0.39, 0.29) is 5.97 Å². The molecule has 0 spiro atoms. The maximum Gasteiger partial charge on any atom is 0.325 e. The van der Waals surface area contributed by atoms with Crippen LogP contribution < -0.4 is 10.2 Å². The van der Waals surface area contributed by atoms with E-state index in [4.69, 9.17) is 4.74 Å². The van der Waals surface area contributed by atoms with Crippen LogP contribution in [0.25, 0.3) is 0 Å². The van der Waals surface area contributed by atoms with Crippen LogP contribution in [-0.4, -0.2) is 38.8 Å². The number of methoxy groups -OCH3 is 1. The monoisotopic (exact) mass is 278 g/mol. The Hall–Kier alpha value is -1.55. The van der Waals surface area contributed by atoms with Gasteiger partial charge in [0.15, 0.2) is 0 Å². The van der Waals surface area contributed by atoms with Crippen LogP contribution in [0.1, 0.15) is 25.8 Å². The molecule has 0 amide bonds. The van der Waals surface area contributed by atoms with Gasteiger partial charge in [0.05, 0.1) is 7.11 Å². The van der Waals surface area contributed by atoms with Gasteiger partial charge in [0.2, 0.25) is 0 Å². The second-order valence-electron chi connectivity index (χ2n) is 5.24. The molecule has 1 aromatic rings. The summed E-state index contributed by atoms with van der Waals surface area (Å²) < 4.78 is 4.88. The fourth-order valence-electron chi connectivity index (χ4n) is 2.21. The largest absolute Gasteiger partial charge is 0.468 e. The first-order valence-electron chi connectivity index (χ1n) is 7.05. The fraction of sp³-hybridized carbons (Fsp3) is 0.562. The van der Waals surface area contributed by atoms with Gasteiger partial charge in [-0.1, -0.05) is 12.1 Å². The highest BCUT2D eigenvalue weighted by Crippen LogP contribution is 2.19. The Morgan fingerprint density at radius 3 is 2.65 bits per heavy atom. The minimum absolute atomic E-state index is 0.222. The summed E-state index contributed by atoms with van der Waals surface area (Å²) >= 11 is 0. The Kier molecular flexibility index (Phi) is 6.02. The standard InChI is InChI=1S/C16H26N2O2/c1-6-18(14-9-7-8-13(2)12-14)11-10-16(3,17-4)15(19)20-5/h7-9,12,17H,6,10-11H2,1-5H3. The van der Waals surface area contributed by atoms with E-state index in [1.54, 1.807) is 7.05 Å². The van der Waals surface area contributed by atoms with Gasteiger partial charge in [0.1, 0.15) is 5.54 Å². The number of aryl methyl sites for hydroxylation is 1. The van der Waals surface area contributed by atoms with Gasteiger partial charge < -0.3 is 15.0 Å². The lowest BCUT2D eigenvalue weighted by atomic mass is 9.97. The van der Waals surface area contributed by atoms with Crippen molar-refractivity contribution in [2.45, 2.75) is 32.7 Å². The first-order valence-corrected chi connectivity index (χ1v) is 7.05. The lowest BCUT2D eigenvalue weighted by Crippen LogP contribution is -2.50. The molecule has 1 atom stereocenters. The maximum atomic E-state index is 11.9. The zero-order chi connectivity index (χ0) is 15.2. The SMILES string of the molecule is CCN(CCC(C)(NC)C(=O)OC)c1cccc(C)c1. The number of anilines is 1. The molecule has 1 rings (SSSR count). The number of nitrogens with one attached hydrogen (secondary N) is 1. The van der Waals surface area contributed by atoms with Crippen molar-refractivity contribution >= 4 is 11.7 Å². The number of benzene rings is 1. The van der Waals surface area contributed by atoms with E-state index < -0.39 is 5.54 Å². The smallest absolute Gasteiger partial charge is 0.325 e. The molecule has 0 aliphatic heterocycles. The van der Waals surface area contributed by atoms with Crippen molar-refractivity contribution in [3.63, 3.8) is 0 Å². The van der Waals surface area contributed by atoms with Crippen LogP contribution in [0, 0.1) is 6.92 Å². The predicted molar refractivity (Wildman–Crippen MR) is 83.2 cm³/mol. The van der Waals surface area contributed by atoms with Crippen LogP contribution in [0.2, 0.25) is 0 Å². The van der Waals surface area contributed by atoms with Crippen molar-refractivity contribution in [2.75, 3.05) is 32.1 Å². The third-order valence-corrected chi connectivity index (χ3v) is 3.82. The molecule has 0 bridgehead atoms. The minimum atomic E-state index is -0.647. The number of ether oxygens (including phenoxy) is 1. The van der Waals surface area contributed by atoms with E-state index in [0.717, 1.165) is 13.1 Å². The summed E-state index contributed by atoms with van der Waals surface area (Å²) in [5.74, 6) is -0.222. The Morgan fingerprint density at radius 1 is 1.45 bits per heavy atom. The van der Waals surface area contributed by atoms with Crippen molar-refractivity contribution in [3.8, 4) is 0 Å². The molecular weight excluding hydrogens is 252 g/mol. The number of carbonyl (C=O) groups excluding carboxylic acids is 1. The highest BCUT2D eigenvalue weighted by molar-refractivity contribution is 5.80. The van der Waals surface area contributed by atoms with Gasteiger partial charge in [-0.25, -0.2) is 0 Å². The molecule has 1 N–H and O–H groups in total. The van der Waals surface area contributed by atoms with Gasteiger partial charge >= 0.3 is 5.97 Å². The molecular formula is C16H26N2O2. The maximum absolute atomic E-state index is 11.9. The molecule has 112 valence electrons. The van der Waals surface area contributed by atoms with Gasteiger partial charge in [0, 0.05) is 18.8 Å². The number of likely N-dealkylation sites (N-methyl/N-ethyl adjacent to an activating group) is 1. The van der Waals surface area contributed by atoms with Gasteiger partial charge in [-0.3, -0.25) is 4.79 Å². The third-order valence-electron chi connectivity index (χ3n) is 3.82. The van der Waals surface area contributed by atoms with Crippen molar-refractivity contribution in [3.05, 3.63) is 29.8 Å². The third kappa shape index (κ3) is 3.97. The van der Waals surface area contributed by atoms with Crippen molar-refractivity contribution in [1.82, 2.24) is 5.32 Å². The summed E-state index contributed by atoms with van der Waals surface area (Å²) in [7, 11) is 3.22. The molecule has 4 heteroatoms. The second-order valence-corrected chi connectivity index (χ2v) is 5.24. The van der Waals surface area contributed by atoms with E-state index in [9.17, 15) is 4.79 Å². The first kappa shape index (κ1) is 16.5. The van der Waals surface area contributed by atoms with E-state index >= 15 is 0 Å². The number of esters is 1. The highest BCUT2D eigenvalue weighted by atomic mass is 16.5. The average molecular weight is 278 g/mol. The fourth-order valence-corrected chi connectivity index (χ4v) is 2.21. The summed E-state index contributed by atoms with van der Waals surface area (Å²) in [4.78, 5) is 14.1. The Bertz CT molecular complexity index is 448. The quantitative estimate of drug-likeness (QED) is 0.778. The normalized spacial score (nSPS) is 13.7. The topological polar surface area (TPSA) is 41.6 Å². The molecule has 0 heterocycles. The average Bonchev–Trinajstić information content (AvgIpc) is 2.46. The molecule has 4 nitrogen and oxygen atoms in total. The zero-order valence-corrected chi connectivity index (χ0v) is 13.2. The van der Waals surface area contributed by atoms with Crippen LogP contribution in [0.3, 0.4) is 0 Å². The molecule has 20 heavy (non-hydrogen) atoms. The molecule has 0 saturated heterocycles. The summed E-state index contributed by atoms with van der Waals surface area (Å²) in [5.41, 5.74) is 1.78. The number of nitrogens with zero attached hydrogens (tertiary/aromatic N) is 1. The minimum Gasteiger partial charge on any atom is -0.468 e. The summed E-state index contributed by atoms with van der Waals surface area (Å²) in [6.07, 6.45) is 0.692. The number of carbonyl (C=O) groups is 1. The van der Waals surface area contributed by atoms with Gasteiger partial charge in [-0.2, -0.15) is 0 Å². The summed E-state index contributed by atoms with van der Waals surface area (Å²) in [5, 5.41) is 3.07. The Morgan fingerprint density at radius 2 is 2.15 bits per heavy atom. The lowest BCUT2D eigenvalue weighted by Gasteiger charge is -2.30. The van der Waals surface area contributed by atoms with Crippen LogP contribution in [0.15, 0.2) is 24.3 Å². The number of rotatable bonds is 7. The van der Waals surface area contributed by atoms with E-state index in [1.807, 2.05) is 6.92 Å². The van der Waals surface area contributed by atoms with Crippen molar-refractivity contribution in [1.29, 1.82) is 0 Å². The zero-order valence-electron chi connectivity index (χ0n) is 13.2. The van der Waals surface area contributed by atoms with Crippen LogP contribution in [0.4, 0.5) is 5.69 Å². The van der Waals surface area contributed by atoms with Crippen LogP contribution >= 0.6 is 0 Å². The van der Waals surface area contributed by atoms with Crippen molar-refractivity contribution < 1.29 is 9.53 Å². The van der Waals surface area contributed by atoms with E-state index in [1.165, 1.54) is 18.4 Å². The van der Waals surface area contributed by atoms with Crippen molar-refractivity contribution in [2.24, 2.45) is 0 Å². The van der Waals surface area contributed by atoms with E-state index in [2.05, 4.69) is 48.3 Å². The predicted octanol–water partition coefficient (Wildman–Crippen LogP) is 2.36. The molecule has 0 aliphatic rings. The molecule has 0 aromatic heterocycles. The number of hydrogen-bond donors (Lipinski definition) is 1. The van der Waals surface area contributed by atoms with Gasteiger partial charge in [-0.05, 0) is 51.9 Å². The highest BCUT2D eigenvalue weighted by Gasteiger charge is 2.32. The van der Waals surface area contributed by atoms with Gasteiger partial charge in [-0.15, -0.1) is 0 Å². The van der Waals surface area contributed by atoms with Crippen LogP contribution in [0.5, 0.6) is 0 Å². The molecule has 0 fully saturated rings. The van der Waals surface area contributed by atoms with Gasteiger partial charge in [0.25, 0.3) is 0 Å². The molecule has 0 aliphatic carbocycles.